The second-order valence-electron chi connectivity index (χ2n) is 15.6. The van der Waals surface area contributed by atoms with E-state index in [-0.39, 0.29) is 0 Å². The number of thiophene rings is 1. The van der Waals surface area contributed by atoms with Crippen molar-refractivity contribution in [3.8, 4) is 44.5 Å². The molecule has 0 fully saturated rings. The summed E-state index contributed by atoms with van der Waals surface area (Å²) in [6, 6.07) is 81.1. The van der Waals surface area contributed by atoms with Crippen LogP contribution in [0.2, 0.25) is 0 Å². The molecule has 0 unspecified atom stereocenters. The second kappa shape index (κ2) is 14.5. The van der Waals surface area contributed by atoms with Gasteiger partial charge in [-0.15, -0.1) is 11.3 Å². The van der Waals surface area contributed by atoms with Gasteiger partial charge in [-0.2, -0.15) is 0 Å². The molecule has 0 aliphatic rings. The topological polar surface area (TPSA) is 16.4 Å². The fourth-order valence-electron chi connectivity index (χ4n) is 9.11. The molecule has 10 aromatic carbocycles. The number of anilines is 3. The van der Waals surface area contributed by atoms with E-state index in [1.54, 1.807) is 0 Å². The van der Waals surface area contributed by atoms with E-state index >= 15 is 0 Å². The van der Waals surface area contributed by atoms with Gasteiger partial charge < -0.3 is 9.32 Å². The van der Waals surface area contributed by atoms with Crippen molar-refractivity contribution < 1.29 is 4.42 Å². The Bertz CT molecular complexity index is 3570. The average molecular weight is 796 g/mol. The first kappa shape index (κ1) is 35.2. The molecule has 2 nitrogen and oxygen atoms in total. The number of furan rings is 1. The normalized spacial score (nSPS) is 11.6. The highest BCUT2D eigenvalue weighted by Gasteiger charge is 2.22. The zero-order valence-electron chi connectivity index (χ0n) is 33.1. The fourth-order valence-corrected chi connectivity index (χ4v) is 10.4. The van der Waals surface area contributed by atoms with Crippen LogP contribution in [0.3, 0.4) is 0 Å². The van der Waals surface area contributed by atoms with Crippen LogP contribution < -0.4 is 4.90 Å². The third-order valence-electron chi connectivity index (χ3n) is 12.1. The summed E-state index contributed by atoms with van der Waals surface area (Å²) in [6.07, 6.45) is 0. The maximum atomic E-state index is 6.56. The fraction of sp³-hybridized carbons (Fsp3) is 0. The van der Waals surface area contributed by atoms with Crippen molar-refractivity contribution >= 4 is 81.3 Å². The minimum Gasteiger partial charge on any atom is -0.456 e. The van der Waals surface area contributed by atoms with Gasteiger partial charge >= 0.3 is 0 Å². The maximum Gasteiger partial charge on any atom is 0.136 e. The molecule has 0 saturated carbocycles. The van der Waals surface area contributed by atoms with Gasteiger partial charge in [-0.25, -0.2) is 0 Å². The Balaban J connectivity index is 1.04. The van der Waals surface area contributed by atoms with Crippen LogP contribution in [-0.2, 0) is 0 Å². The van der Waals surface area contributed by atoms with Crippen molar-refractivity contribution in [2.75, 3.05) is 4.90 Å². The van der Waals surface area contributed by atoms with E-state index in [0.29, 0.717) is 0 Å². The van der Waals surface area contributed by atoms with Gasteiger partial charge in [-0.1, -0.05) is 164 Å². The largest absolute Gasteiger partial charge is 0.456 e. The first-order chi connectivity index (χ1) is 30.2. The second-order valence-corrected chi connectivity index (χ2v) is 16.7. The molecule has 0 aliphatic heterocycles. The lowest BCUT2D eigenvalue weighted by molar-refractivity contribution is 0.669. The molecule has 61 heavy (non-hydrogen) atoms. The van der Waals surface area contributed by atoms with Crippen LogP contribution in [0.1, 0.15) is 0 Å². The van der Waals surface area contributed by atoms with E-state index in [2.05, 4.69) is 229 Å². The Morgan fingerprint density at radius 2 is 0.984 bits per heavy atom. The van der Waals surface area contributed by atoms with Crippen molar-refractivity contribution in [2.45, 2.75) is 0 Å². The number of rotatable bonds is 7. The summed E-state index contributed by atoms with van der Waals surface area (Å²) in [6.45, 7) is 0. The molecule has 2 aromatic heterocycles. The number of hydrogen-bond acceptors (Lipinski definition) is 3. The van der Waals surface area contributed by atoms with Gasteiger partial charge in [0.15, 0.2) is 0 Å². The molecule has 12 rings (SSSR count). The quantitative estimate of drug-likeness (QED) is 0.160. The van der Waals surface area contributed by atoms with Crippen molar-refractivity contribution in [1.82, 2.24) is 0 Å². The monoisotopic (exact) mass is 795 g/mol. The third-order valence-corrected chi connectivity index (χ3v) is 13.3. The minimum atomic E-state index is 0.871. The molecule has 0 amide bonds. The Morgan fingerprint density at radius 3 is 1.77 bits per heavy atom. The molecule has 3 heteroatoms. The molecular formula is C58H37NOS. The van der Waals surface area contributed by atoms with Gasteiger partial charge in [0, 0.05) is 42.3 Å². The van der Waals surface area contributed by atoms with Crippen LogP contribution >= 0.6 is 11.3 Å². The minimum absolute atomic E-state index is 0.871. The maximum absolute atomic E-state index is 6.56. The van der Waals surface area contributed by atoms with Crippen LogP contribution in [0.25, 0.3) is 97.4 Å². The molecule has 0 aliphatic carbocycles. The molecule has 0 saturated heterocycles. The predicted octanol–water partition coefficient (Wildman–Crippen LogP) is 17.2. The SMILES string of the molecule is c1ccc(-c2ccc3c(c2)oc2ccc(N(c4ccc(-c5ccc6cccc(-c7ccccc7)c6c5)cc4)c4ccc(-c5ccccc5)c5sc6ccccc6c45)cc23)cc1. The number of benzene rings is 10. The van der Waals surface area contributed by atoms with E-state index in [1.165, 1.54) is 69.9 Å². The Hall–Kier alpha value is -7.72. The van der Waals surface area contributed by atoms with Crippen LogP contribution in [0.15, 0.2) is 229 Å². The Morgan fingerprint density at radius 1 is 0.344 bits per heavy atom. The average Bonchev–Trinajstić information content (AvgIpc) is 3.91. The van der Waals surface area contributed by atoms with Gasteiger partial charge in [0.05, 0.1) is 5.69 Å². The first-order valence-corrected chi connectivity index (χ1v) is 21.6. The van der Waals surface area contributed by atoms with Gasteiger partial charge in [-0.05, 0) is 116 Å². The van der Waals surface area contributed by atoms with Crippen molar-refractivity contribution in [2.24, 2.45) is 0 Å². The molecule has 12 aromatic rings. The molecular weight excluding hydrogens is 759 g/mol. The van der Waals surface area contributed by atoms with Crippen LogP contribution in [0.5, 0.6) is 0 Å². The zero-order valence-corrected chi connectivity index (χ0v) is 33.9. The highest BCUT2D eigenvalue weighted by Crippen LogP contribution is 2.49. The van der Waals surface area contributed by atoms with Gasteiger partial charge in [-0.3, -0.25) is 0 Å². The van der Waals surface area contributed by atoms with E-state index in [1.807, 2.05) is 11.3 Å². The summed E-state index contributed by atoms with van der Waals surface area (Å²) >= 11 is 1.87. The summed E-state index contributed by atoms with van der Waals surface area (Å²) in [7, 11) is 0. The first-order valence-electron chi connectivity index (χ1n) is 20.7. The molecule has 286 valence electrons. The standard InChI is InChI=1S/C58H37NOS/c1-4-13-38(14-5-1)44-27-31-49-52-37-46(30-34-54(52)60-55(49)36-44)59(53-33-32-48(41-17-8-3-9-18-41)58-57(53)50-20-10-11-22-56(50)61-58)45-28-25-39(26-29-45)43-24-23-42-19-12-21-47(51(42)35-43)40-15-6-2-7-16-40/h1-37H. The highest BCUT2D eigenvalue weighted by atomic mass is 32.1. The summed E-state index contributed by atoms with van der Waals surface area (Å²) in [5.74, 6) is 0. The number of hydrogen-bond donors (Lipinski definition) is 0. The molecule has 0 bridgehead atoms. The van der Waals surface area contributed by atoms with Gasteiger partial charge in [0.1, 0.15) is 11.2 Å². The Kier molecular flexibility index (Phi) is 8.39. The lowest BCUT2D eigenvalue weighted by atomic mass is 9.94. The number of nitrogens with zero attached hydrogens (tertiary/aromatic N) is 1. The molecule has 0 N–H and O–H groups in total. The smallest absolute Gasteiger partial charge is 0.136 e. The predicted molar refractivity (Wildman–Crippen MR) is 261 cm³/mol. The van der Waals surface area contributed by atoms with Crippen LogP contribution in [-0.4, -0.2) is 0 Å². The number of fused-ring (bicyclic) bond motifs is 7. The summed E-state index contributed by atoms with van der Waals surface area (Å²) in [5.41, 5.74) is 14.6. The molecule has 0 atom stereocenters. The summed E-state index contributed by atoms with van der Waals surface area (Å²) in [4.78, 5) is 2.44. The Labute approximate surface area is 357 Å². The van der Waals surface area contributed by atoms with Gasteiger partial charge in [0.25, 0.3) is 0 Å². The summed E-state index contributed by atoms with van der Waals surface area (Å²) in [5, 5.41) is 7.18. The van der Waals surface area contributed by atoms with Crippen molar-refractivity contribution in [3.63, 3.8) is 0 Å². The van der Waals surface area contributed by atoms with Crippen LogP contribution in [0, 0.1) is 0 Å². The van der Waals surface area contributed by atoms with E-state index < -0.39 is 0 Å². The van der Waals surface area contributed by atoms with E-state index in [0.717, 1.165) is 44.6 Å². The summed E-state index contributed by atoms with van der Waals surface area (Å²) < 4.78 is 9.11. The molecule has 2 heterocycles. The highest BCUT2D eigenvalue weighted by molar-refractivity contribution is 7.26. The molecule has 0 spiro atoms. The molecule has 0 radical (unpaired) electrons. The van der Waals surface area contributed by atoms with E-state index in [4.69, 9.17) is 4.42 Å². The van der Waals surface area contributed by atoms with Crippen molar-refractivity contribution in [1.29, 1.82) is 0 Å². The lowest BCUT2D eigenvalue weighted by Crippen LogP contribution is -2.10. The van der Waals surface area contributed by atoms with Crippen LogP contribution in [0.4, 0.5) is 17.1 Å². The third kappa shape index (κ3) is 6.09. The van der Waals surface area contributed by atoms with Crippen molar-refractivity contribution in [3.05, 3.63) is 224 Å². The van der Waals surface area contributed by atoms with E-state index in [9.17, 15) is 0 Å². The lowest BCUT2D eigenvalue weighted by Gasteiger charge is -2.27. The van der Waals surface area contributed by atoms with Gasteiger partial charge in [0.2, 0.25) is 0 Å². The zero-order chi connectivity index (χ0) is 40.3.